The zero-order valence-corrected chi connectivity index (χ0v) is 10.1. The second kappa shape index (κ2) is 5.49. The Kier molecular flexibility index (Phi) is 3.74. The lowest BCUT2D eigenvalue weighted by Crippen LogP contribution is -2.03. The number of non-ortho nitro benzene ring substituents is 1. The third-order valence-electron chi connectivity index (χ3n) is 2.38. The maximum atomic E-state index is 13.6. The van der Waals surface area contributed by atoms with Crippen molar-refractivity contribution in [3.63, 3.8) is 0 Å². The minimum absolute atomic E-state index is 0.470. The van der Waals surface area contributed by atoms with Crippen molar-refractivity contribution in [2.75, 3.05) is 0 Å². The van der Waals surface area contributed by atoms with Crippen LogP contribution in [-0.2, 0) is 0 Å². The number of carbonyl (C=O) groups is 1. The minimum Gasteiger partial charge on any atom is -0.477 e. The number of nitro benzene ring substituents is 1. The van der Waals surface area contributed by atoms with Gasteiger partial charge in [-0.25, -0.2) is 18.6 Å². The van der Waals surface area contributed by atoms with Crippen LogP contribution in [0.25, 0.3) is 0 Å². The molecule has 0 aliphatic heterocycles. The molecule has 0 radical (unpaired) electrons. The summed E-state index contributed by atoms with van der Waals surface area (Å²) < 4.78 is 31.5. The standard InChI is InChI=1S/C12H6F2N2O5/c13-6-3-8(12(17)18)11(15-5-6)21-10-2-1-7(16(19)20)4-9(10)14/h1-5H,(H,17,18). The van der Waals surface area contributed by atoms with Gasteiger partial charge in [0.15, 0.2) is 11.6 Å². The molecule has 0 aliphatic rings. The van der Waals surface area contributed by atoms with E-state index in [1.54, 1.807) is 0 Å². The van der Waals surface area contributed by atoms with Gasteiger partial charge in [-0.3, -0.25) is 10.1 Å². The van der Waals surface area contributed by atoms with Crippen molar-refractivity contribution >= 4 is 11.7 Å². The van der Waals surface area contributed by atoms with E-state index < -0.39 is 45.4 Å². The lowest BCUT2D eigenvalue weighted by atomic mass is 10.2. The number of nitro groups is 1. The van der Waals surface area contributed by atoms with Crippen LogP contribution in [0.2, 0.25) is 0 Å². The molecular formula is C12H6F2N2O5. The number of aromatic nitrogens is 1. The van der Waals surface area contributed by atoms with Crippen molar-refractivity contribution in [2.24, 2.45) is 0 Å². The van der Waals surface area contributed by atoms with Crippen LogP contribution in [0.1, 0.15) is 10.4 Å². The first kappa shape index (κ1) is 14.3. The van der Waals surface area contributed by atoms with Crippen molar-refractivity contribution in [3.05, 3.63) is 57.8 Å². The van der Waals surface area contributed by atoms with E-state index in [0.717, 1.165) is 12.1 Å². The summed E-state index contributed by atoms with van der Waals surface area (Å²) in [6.45, 7) is 0. The summed E-state index contributed by atoms with van der Waals surface area (Å²) in [7, 11) is 0. The Bertz CT molecular complexity index is 736. The highest BCUT2D eigenvalue weighted by Crippen LogP contribution is 2.28. The third kappa shape index (κ3) is 3.08. The van der Waals surface area contributed by atoms with E-state index >= 15 is 0 Å². The average Bonchev–Trinajstić information content (AvgIpc) is 2.42. The molecule has 0 fully saturated rings. The highest BCUT2D eigenvalue weighted by Gasteiger charge is 2.18. The van der Waals surface area contributed by atoms with Crippen LogP contribution in [0.4, 0.5) is 14.5 Å². The van der Waals surface area contributed by atoms with Crippen molar-refractivity contribution < 1.29 is 28.3 Å². The number of carboxylic acid groups (broad SMARTS) is 1. The van der Waals surface area contributed by atoms with E-state index in [0.29, 0.717) is 18.3 Å². The monoisotopic (exact) mass is 296 g/mol. The Morgan fingerprint density at radius 1 is 1.33 bits per heavy atom. The molecular weight excluding hydrogens is 290 g/mol. The number of carboxylic acids is 1. The molecule has 2 aromatic rings. The normalized spacial score (nSPS) is 10.2. The van der Waals surface area contributed by atoms with Crippen molar-refractivity contribution in [2.45, 2.75) is 0 Å². The number of halogens is 2. The van der Waals surface area contributed by atoms with Crippen molar-refractivity contribution in [1.82, 2.24) is 4.98 Å². The van der Waals surface area contributed by atoms with E-state index in [9.17, 15) is 23.7 Å². The maximum absolute atomic E-state index is 13.6. The van der Waals surface area contributed by atoms with Gasteiger partial charge in [0.2, 0.25) is 5.88 Å². The predicted molar refractivity (Wildman–Crippen MR) is 64.3 cm³/mol. The van der Waals surface area contributed by atoms with Gasteiger partial charge in [0.1, 0.15) is 11.4 Å². The van der Waals surface area contributed by atoms with Gasteiger partial charge < -0.3 is 9.84 Å². The Balaban J connectivity index is 2.39. The molecule has 21 heavy (non-hydrogen) atoms. The van der Waals surface area contributed by atoms with Crippen LogP contribution in [0.15, 0.2) is 30.5 Å². The topological polar surface area (TPSA) is 103 Å². The number of benzene rings is 1. The molecule has 2 rings (SSSR count). The molecule has 0 unspecified atom stereocenters. The summed E-state index contributed by atoms with van der Waals surface area (Å²) in [4.78, 5) is 24.0. The van der Waals surface area contributed by atoms with Gasteiger partial charge in [-0.05, 0) is 12.1 Å². The molecule has 0 saturated heterocycles. The van der Waals surface area contributed by atoms with Crippen molar-refractivity contribution in [1.29, 1.82) is 0 Å². The number of nitrogens with zero attached hydrogens (tertiary/aromatic N) is 2. The fourth-order valence-electron chi connectivity index (χ4n) is 1.45. The zero-order valence-electron chi connectivity index (χ0n) is 10.1. The number of hydrogen-bond acceptors (Lipinski definition) is 5. The van der Waals surface area contributed by atoms with Gasteiger partial charge in [-0.15, -0.1) is 0 Å². The van der Waals surface area contributed by atoms with Gasteiger partial charge in [0.05, 0.1) is 17.2 Å². The highest BCUT2D eigenvalue weighted by atomic mass is 19.1. The molecule has 108 valence electrons. The lowest BCUT2D eigenvalue weighted by molar-refractivity contribution is -0.385. The second-order valence-corrected chi connectivity index (χ2v) is 3.79. The predicted octanol–water partition coefficient (Wildman–Crippen LogP) is 2.76. The van der Waals surface area contributed by atoms with E-state index in [1.165, 1.54) is 0 Å². The van der Waals surface area contributed by atoms with Gasteiger partial charge in [-0.2, -0.15) is 0 Å². The second-order valence-electron chi connectivity index (χ2n) is 3.79. The van der Waals surface area contributed by atoms with E-state index in [-0.39, 0.29) is 0 Å². The van der Waals surface area contributed by atoms with E-state index in [4.69, 9.17) is 9.84 Å². The van der Waals surface area contributed by atoms with E-state index in [1.807, 2.05) is 0 Å². The molecule has 1 N–H and O–H groups in total. The Hall–Kier alpha value is -3.10. The first-order valence-corrected chi connectivity index (χ1v) is 5.39. The average molecular weight is 296 g/mol. The smallest absolute Gasteiger partial charge is 0.341 e. The molecule has 7 nitrogen and oxygen atoms in total. The Morgan fingerprint density at radius 2 is 2.05 bits per heavy atom. The highest BCUT2D eigenvalue weighted by molar-refractivity contribution is 5.90. The summed E-state index contributed by atoms with van der Waals surface area (Å²) in [5, 5.41) is 19.4. The molecule has 1 aromatic heterocycles. The quantitative estimate of drug-likeness (QED) is 0.687. The van der Waals surface area contributed by atoms with Crippen LogP contribution in [0.5, 0.6) is 11.6 Å². The number of pyridine rings is 1. The third-order valence-corrected chi connectivity index (χ3v) is 2.38. The fraction of sp³-hybridized carbons (Fsp3) is 0. The molecule has 0 spiro atoms. The SMILES string of the molecule is O=C(O)c1cc(F)cnc1Oc1ccc([N+](=O)[O-])cc1F. The largest absolute Gasteiger partial charge is 0.477 e. The van der Waals surface area contributed by atoms with Crippen LogP contribution in [-0.4, -0.2) is 21.0 Å². The van der Waals surface area contributed by atoms with E-state index in [2.05, 4.69) is 4.98 Å². The Morgan fingerprint density at radius 3 is 2.62 bits per heavy atom. The summed E-state index contributed by atoms with van der Waals surface area (Å²) in [6.07, 6.45) is 0.699. The van der Waals surface area contributed by atoms with Gasteiger partial charge in [0, 0.05) is 6.07 Å². The minimum atomic E-state index is -1.51. The molecule has 1 aromatic carbocycles. The number of aromatic carboxylic acids is 1. The molecule has 0 amide bonds. The number of ether oxygens (including phenoxy) is 1. The number of hydrogen-bond donors (Lipinski definition) is 1. The first-order chi connectivity index (χ1) is 9.88. The zero-order chi connectivity index (χ0) is 15.6. The molecule has 0 atom stereocenters. The van der Waals surface area contributed by atoms with Crippen molar-refractivity contribution in [3.8, 4) is 11.6 Å². The summed E-state index contributed by atoms with van der Waals surface area (Å²) >= 11 is 0. The van der Waals surface area contributed by atoms with Crippen LogP contribution in [0, 0.1) is 21.7 Å². The summed E-state index contributed by atoms with van der Waals surface area (Å²) in [6, 6.07) is 3.19. The van der Waals surface area contributed by atoms with Gasteiger partial charge in [-0.1, -0.05) is 0 Å². The first-order valence-electron chi connectivity index (χ1n) is 5.39. The fourth-order valence-corrected chi connectivity index (χ4v) is 1.45. The van der Waals surface area contributed by atoms with Crippen LogP contribution < -0.4 is 4.74 Å². The molecule has 0 bridgehead atoms. The molecule has 0 aliphatic carbocycles. The van der Waals surface area contributed by atoms with Crippen LogP contribution >= 0.6 is 0 Å². The Labute approximate surface area is 115 Å². The van der Waals surface area contributed by atoms with Gasteiger partial charge in [0.25, 0.3) is 5.69 Å². The molecule has 0 saturated carbocycles. The number of rotatable bonds is 4. The van der Waals surface area contributed by atoms with Crippen LogP contribution in [0.3, 0.4) is 0 Å². The maximum Gasteiger partial charge on any atom is 0.341 e. The summed E-state index contributed by atoms with van der Waals surface area (Å²) in [5.41, 5.74) is -1.10. The molecule has 9 heteroatoms. The van der Waals surface area contributed by atoms with Gasteiger partial charge >= 0.3 is 5.97 Å². The lowest BCUT2D eigenvalue weighted by Gasteiger charge is -2.08. The molecule has 1 heterocycles. The summed E-state index contributed by atoms with van der Waals surface area (Å²) in [5.74, 6) is -4.49.